The molecule has 0 fully saturated rings. The first-order valence-corrected chi connectivity index (χ1v) is 10.8. The summed E-state index contributed by atoms with van der Waals surface area (Å²) in [6.45, 7) is 0. The SMILES string of the molecule is O=C(Oc1ccccc1)c1cc(S(=O)(=O)c2ccc(Cl)cc2)c2ccccc2c1O. The summed E-state index contributed by atoms with van der Waals surface area (Å²) in [6.07, 6.45) is 0. The van der Waals surface area contributed by atoms with Crippen molar-refractivity contribution < 1.29 is 23.1 Å². The van der Waals surface area contributed by atoms with Crippen molar-refractivity contribution in [1.29, 1.82) is 0 Å². The van der Waals surface area contributed by atoms with E-state index in [0.29, 0.717) is 10.4 Å². The topological polar surface area (TPSA) is 80.7 Å². The summed E-state index contributed by atoms with van der Waals surface area (Å²) in [7, 11) is -4.01. The number of hydrogen-bond acceptors (Lipinski definition) is 5. The van der Waals surface area contributed by atoms with E-state index in [-0.39, 0.29) is 32.2 Å². The van der Waals surface area contributed by atoms with Gasteiger partial charge in [-0.05, 0) is 42.5 Å². The number of carbonyl (C=O) groups is 1. The van der Waals surface area contributed by atoms with Crippen molar-refractivity contribution in [3.8, 4) is 11.5 Å². The molecule has 0 aromatic heterocycles. The Labute approximate surface area is 178 Å². The van der Waals surface area contributed by atoms with Gasteiger partial charge in [-0.3, -0.25) is 0 Å². The number of phenolic OH excluding ortho intramolecular Hbond substituents is 1. The number of carbonyl (C=O) groups excluding carboxylic acids is 1. The maximum absolute atomic E-state index is 13.3. The number of ether oxygens (including phenoxy) is 1. The van der Waals surface area contributed by atoms with E-state index in [1.807, 2.05) is 0 Å². The van der Waals surface area contributed by atoms with Crippen molar-refractivity contribution in [3.05, 3.63) is 95.5 Å². The molecule has 0 saturated heterocycles. The molecule has 0 aliphatic carbocycles. The number of phenols is 1. The van der Waals surface area contributed by atoms with E-state index in [0.717, 1.165) is 6.07 Å². The van der Waals surface area contributed by atoms with Gasteiger partial charge >= 0.3 is 5.97 Å². The van der Waals surface area contributed by atoms with Crippen LogP contribution in [0, 0.1) is 0 Å². The number of benzene rings is 4. The quantitative estimate of drug-likeness (QED) is 0.347. The average Bonchev–Trinajstić information content (AvgIpc) is 2.75. The normalized spacial score (nSPS) is 11.4. The zero-order valence-electron chi connectivity index (χ0n) is 15.4. The molecule has 0 aliphatic rings. The number of aromatic hydroxyl groups is 1. The molecule has 0 aliphatic heterocycles. The molecule has 0 atom stereocenters. The third-order valence-corrected chi connectivity index (χ3v) is 6.63. The Kier molecular flexibility index (Phi) is 5.20. The van der Waals surface area contributed by atoms with Gasteiger partial charge in [-0.1, -0.05) is 54.1 Å². The lowest BCUT2D eigenvalue weighted by atomic mass is 10.1. The zero-order valence-corrected chi connectivity index (χ0v) is 17.0. The van der Waals surface area contributed by atoms with Crippen LogP contribution in [-0.2, 0) is 9.84 Å². The number of sulfone groups is 1. The molecule has 30 heavy (non-hydrogen) atoms. The fraction of sp³-hybridized carbons (Fsp3) is 0. The van der Waals surface area contributed by atoms with Crippen molar-refractivity contribution in [3.63, 3.8) is 0 Å². The summed E-state index contributed by atoms with van der Waals surface area (Å²) in [5.41, 5.74) is -0.245. The Morgan fingerprint density at radius 1 is 0.833 bits per heavy atom. The third-order valence-electron chi connectivity index (χ3n) is 4.57. The van der Waals surface area contributed by atoms with Crippen LogP contribution in [0.15, 0.2) is 94.7 Å². The van der Waals surface area contributed by atoms with Gasteiger partial charge in [0, 0.05) is 15.8 Å². The first-order valence-electron chi connectivity index (χ1n) is 8.90. The van der Waals surface area contributed by atoms with Gasteiger partial charge in [-0.25, -0.2) is 13.2 Å². The van der Waals surface area contributed by atoms with Gasteiger partial charge in [-0.2, -0.15) is 0 Å². The Balaban J connectivity index is 1.91. The summed E-state index contributed by atoms with van der Waals surface area (Å²) in [6, 6.07) is 21.6. The highest BCUT2D eigenvalue weighted by Gasteiger charge is 2.26. The molecule has 0 radical (unpaired) electrons. The fourth-order valence-electron chi connectivity index (χ4n) is 3.10. The first kappa shape index (κ1) is 19.9. The van der Waals surface area contributed by atoms with Gasteiger partial charge in [0.2, 0.25) is 9.84 Å². The predicted octanol–water partition coefficient (Wildman–Crippen LogP) is 5.25. The van der Waals surface area contributed by atoms with Crippen molar-refractivity contribution in [2.24, 2.45) is 0 Å². The van der Waals surface area contributed by atoms with E-state index in [1.165, 1.54) is 24.3 Å². The maximum Gasteiger partial charge on any atom is 0.347 e. The lowest BCUT2D eigenvalue weighted by Gasteiger charge is -2.13. The third kappa shape index (κ3) is 3.63. The molecule has 4 rings (SSSR count). The molecule has 0 saturated carbocycles. The molecule has 150 valence electrons. The highest BCUT2D eigenvalue weighted by atomic mass is 35.5. The molecule has 0 bridgehead atoms. The van der Waals surface area contributed by atoms with Crippen LogP contribution in [0.1, 0.15) is 10.4 Å². The standard InChI is InChI=1S/C23H15ClO5S/c24-15-10-12-17(13-11-15)30(27,28)21-14-20(22(25)19-9-5-4-8-18(19)21)23(26)29-16-6-2-1-3-7-16/h1-14,25H. The summed E-state index contributed by atoms with van der Waals surface area (Å²) in [4.78, 5) is 12.7. The molecule has 4 aromatic carbocycles. The molecule has 0 amide bonds. The van der Waals surface area contributed by atoms with Crippen LogP contribution in [0.3, 0.4) is 0 Å². The maximum atomic E-state index is 13.3. The van der Waals surface area contributed by atoms with Crippen LogP contribution in [0.5, 0.6) is 11.5 Å². The number of esters is 1. The lowest BCUT2D eigenvalue weighted by molar-refractivity contribution is 0.0731. The molecule has 0 spiro atoms. The molecule has 0 unspecified atom stereocenters. The number of fused-ring (bicyclic) bond motifs is 1. The summed E-state index contributed by atoms with van der Waals surface area (Å²) >= 11 is 5.88. The summed E-state index contributed by atoms with van der Waals surface area (Å²) in [5, 5.41) is 11.6. The van der Waals surface area contributed by atoms with E-state index in [4.69, 9.17) is 16.3 Å². The highest BCUT2D eigenvalue weighted by molar-refractivity contribution is 7.91. The van der Waals surface area contributed by atoms with Crippen molar-refractivity contribution in [2.45, 2.75) is 9.79 Å². The van der Waals surface area contributed by atoms with E-state index >= 15 is 0 Å². The van der Waals surface area contributed by atoms with Gasteiger partial charge in [-0.15, -0.1) is 0 Å². The largest absolute Gasteiger partial charge is 0.506 e. The van der Waals surface area contributed by atoms with Crippen molar-refractivity contribution in [2.75, 3.05) is 0 Å². The zero-order chi connectivity index (χ0) is 21.3. The molecule has 4 aromatic rings. The fourth-order valence-corrected chi connectivity index (χ4v) is 4.71. The summed E-state index contributed by atoms with van der Waals surface area (Å²) in [5.74, 6) is -0.934. The Hall–Kier alpha value is -3.35. The minimum atomic E-state index is -4.01. The van der Waals surface area contributed by atoms with Crippen LogP contribution in [0.4, 0.5) is 0 Å². The van der Waals surface area contributed by atoms with Crippen LogP contribution in [0.2, 0.25) is 5.02 Å². The Morgan fingerprint density at radius 3 is 2.10 bits per heavy atom. The number of hydrogen-bond donors (Lipinski definition) is 1. The van der Waals surface area contributed by atoms with E-state index in [2.05, 4.69) is 0 Å². The molecular weight excluding hydrogens is 424 g/mol. The Bertz CT molecular complexity index is 1350. The van der Waals surface area contributed by atoms with Crippen LogP contribution in [0.25, 0.3) is 10.8 Å². The van der Waals surface area contributed by atoms with Gasteiger partial charge in [0.25, 0.3) is 0 Å². The van der Waals surface area contributed by atoms with Gasteiger partial charge in [0.1, 0.15) is 17.1 Å². The van der Waals surface area contributed by atoms with Crippen molar-refractivity contribution >= 4 is 38.2 Å². The van der Waals surface area contributed by atoms with E-state index in [1.54, 1.807) is 54.6 Å². The predicted molar refractivity (Wildman–Crippen MR) is 114 cm³/mol. The molecular formula is C23H15ClO5S. The monoisotopic (exact) mass is 438 g/mol. The van der Waals surface area contributed by atoms with Crippen LogP contribution < -0.4 is 4.74 Å². The number of halogens is 1. The van der Waals surface area contributed by atoms with Gasteiger partial charge in [0.05, 0.1) is 9.79 Å². The van der Waals surface area contributed by atoms with E-state index in [9.17, 15) is 18.3 Å². The second kappa shape index (κ2) is 7.82. The first-order chi connectivity index (χ1) is 14.4. The average molecular weight is 439 g/mol. The molecule has 0 heterocycles. The molecule has 5 nitrogen and oxygen atoms in total. The minimum absolute atomic E-state index is 0.0186. The molecule has 1 N–H and O–H groups in total. The van der Waals surface area contributed by atoms with Gasteiger partial charge < -0.3 is 9.84 Å². The Morgan fingerprint density at radius 2 is 1.43 bits per heavy atom. The summed E-state index contributed by atoms with van der Waals surface area (Å²) < 4.78 is 32.0. The number of rotatable bonds is 4. The minimum Gasteiger partial charge on any atom is -0.506 e. The van der Waals surface area contributed by atoms with Crippen LogP contribution >= 0.6 is 11.6 Å². The van der Waals surface area contributed by atoms with Gasteiger partial charge in [0.15, 0.2) is 0 Å². The molecule has 7 heteroatoms. The smallest absolute Gasteiger partial charge is 0.347 e. The second-order valence-corrected chi connectivity index (χ2v) is 8.83. The van der Waals surface area contributed by atoms with E-state index < -0.39 is 15.8 Å². The number of para-hydroxylation sites is 1. The van der Waals surface area contributed by atoms with Crippen molar-refractivity contribution in [1.82, 2.24) is 0 Å². The van der Waals surface area contributed by atoms with Crippen LogP contribution in [-0.4, -0.2) is 19.5 Å². The highest BCUT2D eigenvalue weighted by Crippen LogP contribution is 2.37. The lowest BCUT2D eigenvalue weighted by Crippen LogP contribution is -2.11. The second-order valence-electron chi connectivity index (χ2n) is 6.48.